The van der Waals surface area contributed by atoms with E-state index in [2.05, 4.69) is 20.4 Å². The maximum Gasteiger partial charge on any atom is 0.338 e. The molecule has 8 atom stereocenters. The minimum Gasteiger partial charge on any atom is -0.463 e. The molecule has 0 aromatic heterocycles. The number of fused-ring (bicyclic) bond motifs is 5. The number of benzene rings is 1. The van der Waals surface area contributed by atoms with Crippen LogP contribution in [0, 0.1) is 34.5 Å². The third-order valence-electron chi connectivity index (χ3n) is 10.1. The molecule has 4 nitrogen and oxygen atoms in total. The standard InChI is InChI=1S/C29H38O4/c1-18-16-21-17-22(32-19(2)30)12-14-28(21,3)24-13-15-29(4)23(26(18)24)10-11-25(29)33-27(31)20-8-6-5-7-9-20/h5-9,21-26H,1,10-17H2,2-4H3/t21-,22+,23-,24-,25-,26-,28-,29-/m0/s1. The van der Waals surface area contributed by atoms with Crippen molar-refractivity contribution in [2.75, 3.05) is 0 Å². The van der Waals surface area contributed by atoms with Crippen molar-refractivity contribution in [1.82, 2.24) is 0 Å². The third kappa shape index (κ3) is 3.74. The highest BCUT2D eigenvalue weighted by Crippen LogP contribution is 2.67. The Hall–Kier alpha value is -2.10. The Morgan fingerprint density at radius 3 is 2.36 bits per heavy atom. The number of hydrogen-bond acceptors (Lipinski definition) is 4. The van der Waals surface area contributed by atoms with Crippen LogP contribution in [0.5, 0.6) is 0 Å². The molecule has 5 rings (SSSR count). The lowest BCUT2D eigenvalue weighted by atomic mass is 9.44. The summed E-state index contributed by atoms with van der Waals surface area (Å²) in [5.41, 5.74) is 2.33. The molecule has 0 amide bonds. The summed E-state index contributed by atoms with van der Waals surface area (Å²) in [6.45, 7) is 11.0. The zero-order valence-corrected chi connectivity index (χ0v) is 20.3. The summed E-state index contributed by atoms with van der Waals surface area (Å²) >= 11 is 0. The van der Waals surface area contributed by atoms with E-state index in [9.17, 15) is 9.59 Å². The Kier molecular flexibility index (Phi) is 5.69. The van der Waals surface area contributed by atoms with Gasteiger partial charge in [0.15, 0.2) is 0 Å². The predicted molar refractivity (Wildman–Crippen MR) is 127 cm³/mol. The molecule has 4 aliphatic carbocycles. The van der Waals surface area contributed by atoms with E-state index in [4.69, 9.17) is 9.47 Å². The van der Waals surface area contributed by atoms with Gasteiger partial charge in [0.25, 0.3) is 0 Å². The number of ether oxygens (including phenoxy) is 2. The highest BCUT2D eigenvalue weighted by atomic mass is 16.5. The average Bonchev–Trinajstić information content (AvgIpc) is 3.11. The fourth-order valence-corrected chi connectivity index (χ4v) is 8.35. The van der Waals surface area contributed by atoms with Gasteiger partial charge in [-0.15, -0.1) is 0 Å². The Morgan fingerprint density at radius 1 is 0.939 bits per heavy atom. The van der Waals surface area contributed by atoms with Crippen LogP contribution < -0.4 is 0 Å². The molecular weight excluding hydrogens is 412 g/mol. The molecule has 4 heteroatoms. The minimum absolute atomic E-state index is 0.0193. The monoisotopic (exact) mass is 450 g/mol. The molecule has 0 spiro atoms. The Morgan fingerprint density at radius 2 is 1.64 bits per heavy atom. The van der Waals surface area contributed by atoms with Crippen molar-refractivity contribution in [1.29, 1.82) is 0 Å². The smallest absolute Gasteiger partial charge is 0.338 e. The molecule has 0 unspecified atom stereocenters. The van der Waals surface area contributed by atoms with Gasteiger partial charge in [-0.1, -0.05) is 44.2 Å². The molecule has 0 saturated heterocycles. The summed E-state index contributed by atoms with van der Waals surface area (Å²) < 4.78 is 11.8. The van der Waals surface area contributed by atoms with E-state index >= 15 is 0 Å². The van der Waals surface area contributed by atoms with E-state index in [-0.39, 0.29) is 35.0 Å². The minimum atomic E-state index is -0.192. The lowest BCUT2D eigenvalue weighted by Gasteiger charge is -2.61. The lowest BCUT2D eigenvalue weighted by molar-refractivity contribution is -0.156. The van der Waals surface area contributed by atoms with Crippen LogP contribution >= 0.6 is 0 Å². The van der Waals surface area contributed by atoms with Crippen LogP contribution in [0.2, 0.25) is 0 Å². The summed E-state index contributed by atoms with van der Waals surface area (Å²) in [5.74, 6) is 1.86. The van der Waals surface area contributed by atoms with E-state index in [0.29, 0.717) is 29.2 Å². The van der Waals surface area contributed by atoms with Crippen molar-refractivity contribution < 1.29 is 19.1 Å². The Bertz CT molecular complexity index is 938. The largest absolute Gasteiger partial charge is 0.463 e. The van der Waals surface area contributed by atoms with Gasteiger partial charge in [-0.25, -0.2) is 4.79 Å². The van der Waals surface area contributed by atoms with E-state index in [1.165, 1.54) is 18.9 Å². The average molecular weight is 451 g/mol. The van der Waals surface area contributed by atoms with Gasteiger partial charge < -0.3 is 9.47 Å². The molecule has 0 radical (unpaired) electrons. The van der Waals surface area contributed by atoms with Crippen molar-refractivity contribution in [3.8, 4) is 0 Å². The first-order valence-corrected chi connectivity index (χ1v) is 12.8. The molecule has 178 valence electrons. The van der Waals surface area contributed by atoms with Crippen LogP contribution in [-0.4, -0.2) is 24.1 Å². The number of carbonyl (C=O) groups is 2. The second-order valence-electron chi connectivity index (χ2n) is 11.7. The Labute approximate surface area is 198 Å². The lowest BCUT2D eigenvalue weighted by Crippen LogP contribution is -2.55. The van der Waals surface area contributed by atoms with Gasteiger partial charge in [0.05, 0.1) is 5.56 Å². The number of esters is 2. The zero-order valence-electron chi connectivity index (χ0n) is 20.3. The summed E-state index contributed by atoms with van der Waals surface area (Å²) in [6, 6.07) is 9.38. The highest BCUT2D eigenvalue weighted by Gasteiger charge is 2.62. The van der Waals surface area contributed by atoms with Crippen molar-refractivity contribution in [2.24, 2.45) is 34.5 Å². The third-order valence-corrected chi connectivity index (χ3v) is 10.1. The van der Waals surface area contributed by atoms with Crippen LogP contribution in [0.15, 0.2) is 42.5 Å². The maximum atomic E-state index is 12.8. The second-order valence-corrected chi connectivity index (χ2v) is 11.7. The van der Waals surface area contributed by atoms with Gasteiger partial charge in [-0.3, -0.25) is 4.79 Å². The van der Waals surface area contributed by atoms with Crippen LogP contribution in [0.25, 0.3) is 0 Å². The van der Waals surface area contributed by atoms with Gasteiger partial charge in [0.1, 0.15) is 12.2 Å². The van der Waals surface area contributed by atoms with Crippen molar-refractivity contribution in [2.45, 2.75) is 84.3 Å². The SMILES string of the molecule is C=C1C[C@H]2C[C@H](OC(C)=O)CC[C@]2(C)[C@H]2CC[C@]3(C)[C@@H](OC(=O)c4ccccc4)CC[C@H]3[C@H]12. The molecule has 4 aliphatic rings. The van der Waals surface area contributed by atoms with Gasteiger partial charge in [0.2, 0.25) is 0 Å². The summed E-state index contributed by atoms with van der Waals surface area (Å²) in [6.07, 6.45) is 8.48. The fraction of sp³-hybridized carbons (Fsp3) is 0.655. The first kappa shape index (κ1) is 22.7. The number of hydrogen-bond donors (Lipinski definition) is 0. The van der Waals surface area contributed by atoms with Crippen LogP contribution in [-0.2, 0) is 14.3 Å². The van der Waals surface area contributed by atoms with Crippen LogP contribution in [0.1, 0.15) is 82.5 Å². The number of allylic oxidation sites excluding steroid dienone is 1. The molecule has 1 aromatic carbocycles. The quantitative estimate of drug-likeness (QED) is 0.398. The number of rotatable bonds is 3. The molecular formula is C29H38O4. The molecule has 4 fully saturated rings. The van der Waals surface area contributed by atoms with Gasteiger partial charge >= 0.3 is 11.9 Å². The second kappa shape index (κ2) is 8.29. The molecule has 33 heavy (non-hydrogen) atoms. The summed E-state index contributed by atoms with van der Waals surface area (Å²) in [5, 5.41) is 0. The summed E-state index contributed by atoms with van der Waals surface area (Å²) in [7, 11) is 0. The zero-order chi connectivity index (χ0) is 23.4. The normalized spacial score (nSPS) is 42.0. The summed E-state index contributed by atoms with van der Waals surface area (Å²) in [4.78, 5) is 24.4. The fourth-order valence-electron chi connectivity index (χ4n) is 8.35. The van der Waals surface area contributed by atoms with Gasteiger partial charge in [-0.2, -0.15) is 0 Å². The molecule has 0 N–H and O–H groups in total. The van der Waals surface area contributed by atoms with Gasteiger partial charge in [-0.05, 0) is 92.6 Å². The van der Waals surface area contributed by atoms with E-state index in [0.717, 1.165) is 44.9 Å². The van der Waals surface area contributed by atoms with Crippen molar-refractivity contribution >= 4 is 11.9 Å². The topological polar surface area (TPSA) is 52.6 Å². The number of carbonyl (C=O) groups excluding carboxylic acids is 2. The van der Waals surface area contributed by atoms with Crippen LogP contribution in [0.4, 0.5) is 0 Å². The maximum absolute atomic E-state index is 12.8. The highest BCUT2D eigenvalue weighted by molar-refractivity contribution is 5.89. The first-order chi connectivity index (χ1) is 15.7. The molecule has 1 aromatic rings. The van der Waals surface area contributed by atoms with E-state index in [1.54, 1.807) is 0 Å². The van der Waals surface area contributed by atoms with Crippen molar-refractivity contribution in [3.63, 3.8) is 0 Å². The van der Waals surface area contributed by atoms with Gasteiger partial charge in [0, 0.05) is 12.3 Å². The first-order valence-electron chi connectivity index (χ1n) is 12.8. The molecule has 0 bridgehead atoms. The molecule has 0 aliphatic heterocycles. The molecule has 0 heterocycles. The molecule has 4 saturated carbocycles. The Balaban J connectivity index is 1.34. The van der Waals surface area contributed by atoms with Crippen LogP contribution in [0.3, 0.4) is 0 Å². The van der Waals surface area contributed by atoms with E-state index < -0.39 is 0 Å². The predicted octanol–water partition coefficient (Wildman–Crippen LogP) is 6.35. The van der Waals surface area contributed by atoms with E-state index in [1.807, 2.05) is 30.3 Å². The van der Waals surface area contributed by atoms with Crippen molar-refractivity contribution in [3.05, 3.63) is 48.0 Å².